The predicted octanol–water partition coefficient (Wildman–Crippen LogP) is 9.50. The Bertz CT molecular complexity index is 1270. The first-order valence-corrected chi connectivity index (χ1v) is 14.0. The highest BCUT2D eigenvalue weighted by Crippen LogP contribution is 2.59. The first-order valence-electron chi connectivity index (χ1n) is 14.0. The Morgan fingerprint density at radius 3 is 1.19 bits per heavy atom. The predicted molar refractivity (Wildman–Crippen MR) is 147 cm³/mol. The normalized spacial score (nSPS) is 33.8. The van der Waals surface area contributed by atoms with Crippen LogP contribution in [0.15, 0.2) is 60.7 Å². The van der Waals surface area contributed by atoms with E-state index in [4.69, 9.17) is 0 Å². The van der Waals surface area contributed by atoms with Crippen molar-refractivity contribution in [1.82, 2.24) is 0 Å². The summed E-state index contributed by atoms with van der Waals surface area (Å²) >= 11 is 0. The number of hydrogen-bond acceptors (Lipinski definition) is 1. The number of halogens is 1. The molecule has 2 heteroatoms. The molecule has 2 fully saturated rings. The number of rotatable bonds is 3. The zero-order chi connectivity index (χ0) is 24.9. The third kappa shape index (κ3) is 3.06. The van der Waals surface area contributed by atoms with Crippen LogP contribution in [0.4, 0.5) is 21.5 Å². The number of anilines is 3. The molecule has 0 radical (unpaired) electrons. The van der Waals surface area contributed by atoms with Crippen LogP contribution in [0.5, 0.6) is 0 Å². The van der Waals surface area contributed by atoms with Crippen molar-refractivity contribution in [2.45, 2.75) is 101 Å². The van der Waals surface area contributed by atoms with Gasteiger partial charge in [-0.25, -0.2) is 4.39 Å². The third-order valence-electron chi connectivity index (χ3n) is 11.1. The Hall–Kier alpha value is -2.61. The van der Waals surface area contributed by atoms with E-state index in [-0.39, 0.29) is 16.6 Å². The molecular formula is C34H38FN. The lowest BCUT2D eigenvalue weighted by Crippen LogP contribution is -2.44. The Balaban J connectivity index is 1.41. The molecule has 0 aromatic heterocycles. The summed E-state index contributed by atoms with van der Waals surface area (Å²) in [4.78, 5) is 2.36. The monoisotopic (exact) mass is 479 g/mol. The van der Waals surface area contributed by atoms with E-state index >= 15 is 0 Å². The maximum absolute atomic E-state index is 14.0. The van der Waals surface area contributed by atoms with Crippen molar-refractivity contribution in [3.63, 3.8) is 0 Å². The molecule has 2 saturated carbocycles. The van der Waals surface area contributed by atoms with E-state index in [0.717, 1.165) is 5.69 Å². The Morgan fingerprint density at radius 1 is 0.472 bits per heavy atom. The molecule has 4 bridgehead atoms. The van der Waals surface area contributed by atoms with Gasteiger partial charge in [-0.3, -0.25) is 0 Å². The molecule has 0 amide bonds. The zero-order valence-electron chi connectivity index (χ0n) is 22.3. The average Bonchev–Trinajstić information content (AvgIpc) is 2.88. The van der Waals surface area contributed by atoms with Gasteiger partial charge in [-0.1, -0.05) is 39.8 Å². The van der Waals surface area contributed by atoms with E-state index in [2.05, 4.69) is 69.0 Å². The van der Waals surface area contributed by atoms with Gasteiger partial charge in [0.15, 0.2) is 0 Å². The largest absolute Gasteiger partial charge is 0.310 e. The Kier molecular flexibility index (Phi) is 4.54. The lowest BCUT2D eigenvalue weighted by molar-refractivity contribution is 0.187. The highest BCUT2D eigenvalue weighted by atomic mass is 19.1. The van der Waals surface area contributed by atoms with Crippen molar-refractivity contribution in [1.29, 1.82) is 0 Å². The fourth-order valence-electron chi connectivity index (χ4n) is 8.22. The van der Waals surface area contributed by atoms with Crippen LogP contribution in [0.25, 0.3) is 0 Å². The SMILES string of the molecule is CC12CCC(C)(CC1)c1cc(N(c3ccc(F)cc3)c3ccc4c(c3)C3(C)CCC4(C)CC3)ccc12. The lowest BCUT2D eigenvalue weighted by atomic mass is 9.52. The van der Waals surface area contributed by atoms with E-state index in [0.29, 0.717) is 10.8 Å². The van der Waals surface area contributed by atoms with Gasteiger partial charge in [0.2, 0.25) is 0 Å². The van der Waals surface area contributed by atoms with Crippen molar-refractivity contribution in [2.24, 2.45) is 0 Å². The van der Waals surface area contributed by atoms with Crippen LogP contribution in [0, 0.1) is 5.82 Å². The smallest absolute Gasteiger partial charge is 0.123 e. The molecule has 6 aliphatic rings. The van der Waals surface area contributed by atoms with Crippen LogP contribution < -0.4 is 4.90 Å². The van der Waals surface area contributed by atoms with Crippen LogP contribution in [0.2, 0.25) is 0 Å². The van der Waals surface area contributed by atoms with Crippen molar-refractivity contribution in [2.75, 3.05) is 4.90 Å². The minimum atomic E-state index is -0.190. The summed E-state index contributed by atoms with van der Waals surface area (Å²) in [6.45, 7) is 9.85. The van der Waals surface area contributed by atoms with Gasteiger partial charge in [-0.05, 0) is 144 Å². The van der Waals surface area contributed by atoms with Gasteiger partial charge in [-0.2, -0.15) is 0 Å². The standard InChI is InChI=1S/C34H38FN/c1-31-13-17-33(3,18-14-31)29-21-25(9-11-27(29)31)36(24-7-5-23(35)6-8-24)26-10-12-28-30(22-26)34(4)19-15-32(28,2)16-20-34/h5-12,21-22H,13-20H2,1-4H3. The quantitative estimate of drug-likeness (QED) is 0.361. The Labute approximate surface area is 215 Å². The van der Waals surface area contributed by atoms with E-state index in [1.165, 1.54) is 73.9 Å². The highest BCUT2D eigenvalue weighted by Gasteiger charge is 2.49. The van der Waals surface area contributed by atoms with E-state index < -0.39 is 0 Å². The zero-order valence-corrected chi connectivity index (χ0v) is 22.3. The molecule has 0 saturated heterocycles. The van der Waals surface area contributed by atoms with E-state index in [9.17, 15) is 4.39 Å². The molecule has 3 aromatic rings. The summed E-state index contributed by atoms with van der Waals surface area (Å²) in [6.07, 6.45) is 10.2. The summed E-state index contributed by atoms with van der Waals surface area (Å²) in [7, 11) is 0. The van der Waals surface area contributed by atoms with Crippen molar-refractivity contribution < 1.29 is 4.39 Å². The number of nitrogens with zero attached hydrogens (tertiary/aromatic N) is 1. The van der Waals surface area contributed by atoms with Crippen molar-refractivity contribution in [3.05, 3.63) is 88.7 Å². The Morgan fingerprint density at radius 2 is 0.806 bits per heavy atom. The van der Waals surface area contributed by atoms with Gasteiger partial charge in [0.05, 0.1) is 0 Å². The molecule has 0 heterocycles. The number of hydrogen-bond donors (Lipinski definition) is 0. The molecule has 3 aromatic carbocycles. The highest BCUT2D eigenvalue weighted by molar-refractivity contribution is 5.78. The summed E-state index contributed by atoms with van der Waals surface area (Å²) in [5.41, 5.74) is 10.7. The minimum absolute atomic E-state index is 0.190. The summed E-state index contributed by atoms with van der Waals surface area (Å²) in [5, 5.41) is 0. The molecule has 9 rings (SSSR count). The molecule has 1 nitrogen and oxygen atoms in total. The van der Waals surface area contributed by atoms with Crippen LogP contribution in [-0.2, 0) is 21.7 Å². The topological polar surface area (TPSA) is 3.24 Å². The summed E-state index contributed by atoms with van der Waals surface area (Å²) in [6, 6.07) is 21.4. The van der Waals surface area contributed by atoms with Gasteiger partial charge in [0.1, 0.15) is 5.82 Å². The number of fused-ring (bicyclic) bond motifs is 4. The third-order valence-corrected chi connectivity index (χ3v) is 11.1. The van der Waals surface area contributed by atoms with Crippen LogP contribution in [-0.4, -0.2) is 0 Å². The van der Waals surface area contributed by atoms with Crippen LogP contribution >= 0.6 is 0 Å². The van der Waals surface area contributed by atoms with E-state index in [1.54, 1.807) is 23.3 Å². The first-order chi connectivity index (χ1) is 17.1. The second-order valence-electron chi connectivity index (χ2n) is 13.5. The molecule has 0 unspecified atom stereocenters. The average molecular weight is 480 g/mol. The van der Waals surface area contributed by atoms with Crippen LogP contribution in [0.1, 0.15) is 101 Å². The minimum Gasteiger partial charge on any atom is -0.310 e. The maximum atomic E-state index is 14.0. The van der Waals surface area contributed by atoms with Gasteiger partial charge >= 0.3 is 0 Å². The van der Waals surface area contributed by atoms with Crippen molar-refractivity contribution >= 4 is 17.1 Å². The van der Waals surface area contributed by atoms with Gasteiger partial charge in [-0.15, -0.1) is 0 Å². The fraction of sp³-hybridized carbons (Fsp3) is 0.471. The maximum Gasteiger partial charge on any atom is 0.123 e. The summed E-state index contributed by atoms with van der Waals surface area (Å²) in [5.74, 6) is -0.190. The van der Waals surface area contributed by atoms with Crippen molar-refractivity contribution in [3.8, 4) is 0 Å². The number of benzene rings is 3. The molecule has 0 aliphatic heterocycles. The molecular weight excluding hydrogens is 441 g/mol. The fourth-order valence-corrected chi connectivity index (χ4v) is 8.22. The molecule has 0 N–H and O–H groups in total. The van der Waals surface area contributed by atoms with Gasteiger partial charge in [0.25, 0.3) is 0 Å². The van der Waals surface area contributed by atoms with Gasteiger partial charge < -0.3 is 4.90 Å². The molecule has 0 spiro atoms. The molecule has 186 valence electrons. The first kappa shape index (κ1) is 22.6. The molecule has 0 atom stereocenters. The van der Waals surface area contributed by atoms with Crippen LogP contribution in [0.3, 0.4) is 0 Å². The second kappa shape index (κ2) is 7.24. The molecule has 6 aliphatic carbocycles. The molecule has 36 heavy (non-hydrogen) atoms. The van der Waals surface area contributed by atoms with E-state index in [1.807, 2.05) is 12.1 Å². The second-order valence-corrected chi connectivity index (χ2v) is 13.5. The lowest BCUT2D eigenvalue weighted by Gasteiger charge is -2.52. The summed E-state index contributed by atoms with van der Waals surface area (Å²) < 4.78 is 14.0. The van der Waals surface area contributed by atoms with Gasteiger partial charge in [0, 0.05) is 17.1 Å².